The molecular weight excluding hydrogens is 256 g/mol. The lowest BCUT2D eigenvalue weighted by Gasteiger charge is -2.16. The minimum atomic E-state index is -1.62. The van der Waals surface area contributed by atoms with E-state index in [0.29, 0.717) is 0 Å². The molecule has 0 aliphatic carbocycles. The summed E-state index contributed by atoms with van der Waals surface area (Å²) >= 11 is 0. The monoisotopic (exact) mass is 266 g/mol. The van der Waals surface area contributed by atoms with Crippen molar-refractivity contribution in [1.29, 1.82) is 5.26 Å². The second-order valence-electron chi connectivity index (χ2n) is 3.79. The van der Waals surface area contributed by atoms with Gasteiger partial charge in [-0.3, -0.25) is 14.9 Å². The number of carbonyl (C=O) groups is 1. The van der Waals surface area contributed by atoms with Crippen LogP contribution in [0, 0.1) is 21.4 Å². The molecule has 0 spiro atoms. The van der Waals surface area contributed by atoms with Crippen LogP contribution >= 0.6 is 0 Å². The van der Waals surface area contributed by atoms with Crippen molar-refractivity contribution in [3.63, 3.8) is 0 Å². The van der Waals surface area contributed by atoms with Crippen molar-refractivity contribution in [2.45, 2.75) is 18.6 Å². The van der Waals surface area contributed by atoms with Gasteiger partial charge in [0.1, 0.15) is 6.10 Å². The van der Waals surface area contributed by atoms with Gasteiger partial charge in [-0.25, -0.2) is 0 Å². The maximum atomic E-state index is 10.6. The van der Waals surface area contributed by atoms with E-state index >= 15 is 0 Å². The van der Waals surface area contributed by atoms with Crippen molar-refractivity contribution in [2.75, 3.05) is 0 Å². The Morgan fingerprint density at radius 1 is 1.42 bits per heavy atom. The number of aliphatic hydroxyl groups is 2. The Labute approximate surface area is 107 Å². The second kappa shape index (κ2) is 5.90. The number of benzene rings is 1. The highest BCUT2D eigenvalue weighted by atomic mass is 16.6. The zero-order valence-corrected chi connectivity index (χ0v) is 9.55. The van der Waals surface area contributed by atoms with E-state index in [-0.39, 0.29) is 11.1 Å². The Hall–Kier alpha value is -2.50. The summed E-state index contributed by atoms with van der Waals surface area (Å²) < 4.78 is 0. The zero-order chi connectivity index (χ0) is 14.6. The van der Waals surface area contributed by atoms with E-state index in [9.17, 15) is 25.1 Å². The molecule has 100 valence electrons. The average Bonchev–Trinajstić information content (AvgIpc) is 2.36. The maximum Gasteiger partial charge on any atom is 0.306 e. The van der Waals surface area contributed by atoms with E-state index in [0.717, 1.165) is 18.2 Å². The number of hydrogen-bond donors (Lipinski definition) is 3. The molecule has 0 bridgehead atoms. The van der Waals surface area contributed by atoms with Crippen molar-refractivity contribution in [3.8, 4) is 6.07 Å². The number of nitro benzene ring substituents is 1. The first-order valence-electron chi connectivity index (χ1n) is 5.12. The standard InChI is InChI=1S/C11H10N2O6/c12-5-6-1-7(3-8(2-6)13(18)19)11(17)9(14)4-10(15)16/h1-3,9,11,14,17H,4H2,(H,15,16). The summed E-state index contributed by atoms with van der Waals surface area (Å²) in [6.45, 7) is 0. The minimum absolute atomic E-state index is 0.0641. The summed E-state index contributed by atoms with van der Waals surface area (Å²) in [6.07, 6.45) is -3.96. The highest BCUT2D eigenvalue weighted by Gasteiger charge is 2.23. The van der Waals surface area contributed by atoms with Crippen molar-refractivity contribution >= 4 is 11.7 Å². The molecule has 1 aromatic rings. The predicted molar refractivity (Wildman–Crippen MR) is 61.0 cm³/mol. The highest BCUT2D eigenvalue weighted by Crippen LogP contribution is 2.25. The molecule has 2 atom stereocenters. The van der Waals surface area contributed by atoms with E-state index in [2.05, 4.69) is 0 Å². The van der Waals surface area contributed by atoms with Crippen molar-refractivity contribution < 1.29 is 25.0 Å². The largest absolute Gasteiger partial charge is 0.481 e. The quantitative estimate of drug-likeness (QED) is 0.514. The van der Waals surface area contributed by atoms with Crippen LogP contribution in [0.4, 0.5) is 5.69 Å². The fourth-order valence-corrected chi connectivity index (χ4v) is 1.49. The Bertz CT molecular complexity index is 551. The number of nitro groups is 1. The fraction of sp³-hybridized carbons (Fsp3) is 0.273. The summed E-state index contributed by atoms with van der Waals surface area (Å²) in [7, 11) is 0. The summed E-state index contributed by atoms with van der Waals surface area (Å²) in [6, 6.07) is 4.84. The van der Waals surface area contributed by atoms with Gasteiger partial charge in [0.25, 0.3) is 5.69 Å². The van der Waals surface area contributed by atoms with Crippen LogP contribution in [0.2, 0.25) is 0 Å². The number of aliphatic hydroxyl groups excluding tert-OH is 2. The fourth-order valence-electron chi connectivity index (χ4n) is 1.49. The van der Waals surface area contributed by atoms with Gasteiger partial charge in [-0.2, -0.15) is 5.26 Å². The summed E-state index contributed by atoms with van der Waals surface area (Å²) in [5.41, 5.74) is -0.569. The molecule has 0 heterocycles. The van der Waals surface area contributed by atoms with Gasteiger partial charge in [0.05, 0.1) is 29.1 Å². The molecule has 0 saturated carbocycles. The van der Waals surface area contributed by atoms with Gasteiger partial charge in [-0.05, 0) is 11.6 Å². The molecule has 0 amide bonds. The molecular formula is C11H10N2O6. The van der Waals surface area contributed by atoms with Gasteiger partial charge in [0, 0.05) is 12.1 Å². The van der Waals surface area contributed by atoms with Crippen LogP contribution in [0.1, 0.15) is 23.7 Å². The van der Waals surface area contributed by atoms with Gasteiger partial charge in [-0.15, -0.1) is 0 Å². The molecule has 0 aromatic heterocycles. The molecule has 3 N–H and O–H groups in total. The van der Waals surface area contributed by atoms with E-state index in [1.165, 1.54) is 0 Å². The summed E-state index contributed by atoms with van der Waals surface area (Å²) in [5, 5.41) is 47.0. The van der Waals surface area contributed by atoms with E-state index in [1.54, 1.807) is 6.07 Å². The molecule has 0 radical (unpaired) electrons. The third-order valence-corrected chi connectivity index (χ3v) is 2.37. The molecule has 8 heteroatoms. The first-order valence-corrected chi connectivity index (χ1v) is 5.12. The molecule has 19 heavy (non-hydrogen) atoms. The Morgan fingerprint density at radius 2 is 2.05 bits per heavy atom. The average molecular weight is 266 g/mol. The van der Waals surface area contributed by atoms with Crippen LogP contribution in [-0.2, 0) is 4.79 Å². The lowest BCUT2D eigenvalue weighted by molar-refractivity contribution is -0.385. The SMILES string of the molecule is N#Cc1cc(C(O)C(O)CC(=O)O)cc([N+](=O)[O-])c1. The van der Waals surface area contributed by atoms with Crippen LogP contribution in [0.3, 0.4) is 0 Å². The molecule has 1 aromatic carbocycles. The van der Waals surface area contributed by atoms with Crippen molar-refractivity contribution in [2.24, 2.45) is 0 Å². The lowest BCUT2D eigenvalue weighted by Crippen LogP contribution is -2.21. The van der Waals surface area contributed by atoms with Gasteiger partial charge >= 0.3 is 5.97 Å². The van der Waals surface area contributed by atoms with Crippen LogP contribution < -0.4 is 0 Å². The van der Waals surface area contributed by atoms with Crippen LogP contribution in [0.25, 0.3) is 0 Å². The molecule has 0 aliphatic heterocycles. The van der Waals surface area contributed by atoms with Crippen LogP contribution in [0.5, 0.6) is 0 Å². The highest BCUT2D eigenvalue weighted by molar-refractivity contribution is 5.67. The maximum absolute atomic E-state index is 10.6. The van der Waals surface area contributed by atoms with Crippen molar-refractivity contribution in [3.05, 3.63) is 39.4 Å². The molecule has 0 aliphatic rings. The number of rotatable bonds is 5. The topological polar surface area (TPSA) is 145 Å². The third-order valence-electron chi connectivity index (χ3n) is 2.37. The van der Waals surface area contributed by atoms with Crippen LogP contribution in [-0.4, -0.2) is 32.3 Å². The number of hydrogen-bond acceptors (Lipinski definition) is 6. The Morgan fingerprint density at radius 3 is 2.53 bits per heavy atom. The first kappa shape index (κ1) is 14.6. The van der Waals surface area contributed by atoms with E-state index in [1.807, 2.05) is 0 Å². The molecule has 2 unspecified atom stereocenters. The third kappa shape index (κ3) is 3.74. The molecule has 0 saturated heterocycles. The van der Waals surface area contributed by atoms with E-state index < -0.39 is 35.2 Å². The smallest absolute Gasteiger partial charge is 0.306 e. The normalized spacial score (nSPS) is 13.3. The van der Waals surface area contributed by atoms with Gasteiger partial charge in [-0.1, -0.05) is 0 Å². The lowest BCUT2D eigenvalue weighted by atomic mass is 9.99. The number of nitrogens with zero attached hydrogens (tertiary/aromatic N) is 2. The molecule has 8 nitrogen and oxygen atoms in total. The van der Waals surface area contributed by atoms with Gasteiger partial charge < -0.3 is 15.3 Å². The number of nitriles is 1. The Balaban J connectivity index is 3.12. The predicted octanol–water partition coefficient (Wildman–Crippen LogP) is 0.335. The Kier molecular flexibility index (Phi) is 4.52. The first-order chi connectivity index (χ1) is 8.85. The summed E-state index contributed by atoms with van der Waals surface area (Å²) in [4.78, 5) is 20.3. The number of aliphatic carboxylic acids is 1. The van der Waals surface area contributed by atoms with Crippen LogP contribution in [0.15, 0.2) is 18.2 Å². The van der Waals surface area contributed by atoms with Gasteiger partial charge in [0.2, 0.25) is 0 Å². The van der Waals surface area contributed by atoms with E-state index in [4.69, 9.17) is 10.4 Å². The minimum Gasteiger partial charge on any atom is -0.481 e. The van der Waals surface area contributed by atoms with Gasteiger partial charge in [0.15, 0.2) is 0 Å². The number of carboxylic acids is 1. The van der Waals surface area contributed by atoms with Crippen molar-refractivity contribution in [1.82, 2.24) is 0 Å². The molecule has 1 rings (SSSR count). The zero-order valence-electron chi connectivity index (χ0n) is 9.55. The summed E-state index contributed by atoms with van der Waals surface area (Å²) in [5.74, 6) is -1.32. The second-order valence-corrected chi connectivity index (χ2v) is 3.79. The number of carboxylic acid groups (broad SMARTS) is 1. The molecule has 0 fully saturated rings. The number of non-ortho nitro benzene ring substituents is 1.